The first-order valence-electron chi connectivity index (χ1n) is 18.1. The van der Waals surface area contributed by atoms with Crippen molar-refractivity contribution in [2.75, 3.05) is 13.2 Å². The number of para-hydroxylation sites is 1. The predicted octanol–water partition coefficient (Wildman–Crippen LogP) is 7.46. The van der Waals surface area contributed by atoms with Crippen LogP contribution in [0.15, 0.2) is 84.3 Å². The summed E-state index contributed by atoms with van der Waals surface area (Å²) in [5.74, 6) is 0.0114. The van der Waals surface area contributed by atoms with Crippen LogP contribution >= 0.6 is 0 Å². The second kappa shape index (κ2) is 17.1. The fourth-order valence-electron chi connectivity index (χ4n) is 7.06. The van der Waals surface area contributed by atoms with Crippen LogP contribution in [-0.4, -0.2) is 41.6 Å². The lowest BCUT2D eigenvalue weighted by Crippen LogP contribution is -2.56. The first kappa shape index (κ1) is 37.1. The lowest BCUT2D eigenvalue weighted by atomic mass is 9.75. The Bertz CT molecular complexity index is 1600. The molecule has 3 aromatic rings. The SMILES string of the molecule is CCC1CCOc2ccccc2CCCNC(=O)[C@H](Cn2cccc2)NC(=O)[C@@H](C(C)C)NC(=C2CCC2)[C@H]1Cc1cccc(C(F)(F)F)c1. The van der Waals surface area contributed by atoms with Gasteiger partial charge in [0, 0.05) is 30.6 Å². The van der Waals surface area contributed by atoms with Crippen LogP contribution in [0.1, 0.15) is 76.0 Å². The quantitative estimate of drug-likeness (QED) is 0.251. The van der Waals surface area contributed by atoms with Gasteiger partial charge in [-0.25, -0.2) is 0 Å². The molecule has 1 aromatic heterocycles. The number of allylic oxidation sites excluding steroid dienone is 2. The van der Waals surface area contributed by atoms with Gasteiger partial charge in [0.2, 0.25) is 11.8 Å². The highest BCUT2D eigenvalue weighted by molar-refractivity contribution is 5.90. The van der Waals surface area contributed by atoms with E-state index >= 15 is 0 Å². The summed E-state index contributed by atoms with van der Waals surface area (Å²) in [6.45, 7) is 7.22. The van der Waals surface area contributed by atoms with Gasteiger partial charge in [0.1, 0.15) is 17.8 Å². The van der Waals surface area contributed by atoms with Crippen LogP contribution < -0.4 is 20.7 Å². The van der Waals surface area contributed by atoms with Gasteiger partial charge in [-0.05, 0) is 92.2 Å². The molecule has 0 radical (unpaired) electrons. The summed E-state index contributed by atoms with van der Waals surface area (Å²) in [7, 11) is 0. The molecule has 2 aromatic carbocycles. The third-order valence-electron chi connectivity index (χ3n) is 10.1. The number of carbonyl (C=O) groups is 2. The van der Waals surface area contributed by atoms with Gasteiger partial charge in [-0.2, -0.15) is 13.2 Å². The molecule has 10 heteroatoms. The number of hydrogen-bond acceptors (Lipinski definition) is 4. The Morgan fingerprint density at radius 2 is 1.68 bits per heavy atom. The molecule has 2 aliphatic rings. The molecule has 1 unspecified atom stereocenters. The normalized spacial score (nSPS) is 23.0. The zero-order valence-corrected chi connectivity index (χ0v) is 29.4. The van der Waals surface area contributed by atoms with E-state index in [2.05, 4.69) is 22.9 Å². The van der Waals surface area contributed by atoms with Crippen LogP contribution in [0.25, 0.3) is 0 Å². The Morgan fingerprint density at radius 3 is 2.36 bits per heavy atom. The summed E-state index contributed by atoms with van der Waals surface area (Å²) >= 11 is 0. The van der Waals surface area contributed by atoms with Crippen molar-refractivity contribution >= 4 is 11.8 Å². The minimum Gasteiger partial charge on any atom is -0.493 e. The minimum atomic E-state index is -4.45. The number of alkyl halides is 3. The van der Waals surface area contributed by atoms with Gasteiger partial charge in [-0.3, -0.25) is 9.59 Å². The van der Waals surface area contributed by atoms with Crippen molar-refractivity contribution < 1.29 is 27.5 Å². The Kier molecular flexibility index (Phi) is 12.7. The maximum Gasteiger partial charge on any atom is 0.416 e. The van der Waals surface area contributed by atoms with Gasteiger partial charge >= 0.3 is 6.18 Å². The molecule has 5 rings (SSSR count). The van der Waals surface area contributed by atoms with E-state index in [1.807, 2.05) is 67.2 Å². The fourth-order valence-corrected chi connectivity index (χ4v) is 7.06. The number of benzene rings is 2. The van der Waals surface area contributed by atoms with E-state index in [1.54, 1.807) is 6.07 Å². The van der Waals surface area contributed by atoms with E-state index in [0.717, 1.165) is 48.8 Å². The first-order valence-corrected chi connectivity index (χ1v) is 18.1. The van der Waals surface area contributed by atoms with Gasteiger partial charge in [-0.1, -0.05) is 69.2 Å². The van der Waals surface area contributed by atoms with E-state index in [-0.39, 0.29) is 36.1 Å². The molecule has 270 valence electrons. The van der Waals surface area contributed by atoms with Crippen molar-refractivity contribution in [3.63, 3.8) is 0 Å². The lowest BCUT2D eigenvalue weighted by molar-refractivity contribution is -0.137. The molecule has 2 heterocycles. The summed E-state index contributed by atoms with van der Waals surface area (Å²) in [5, 5.41) is 9.76. The fraction of sp³-hybridized carbons (Fsp3) is 0.500. The number of carbonyl (C=O) groups excluding carboxylic acids is 2. The van der Waals surface area contributed by atoms with Crippen LogP contribution in [-0.2, 0) is 35.2 Å². The molecular weight excluding hydrogens is 641 g/mol. The molecule has 0 saturated heterocycles. The topological polar surface area (TPSA) is 84.4 Å². The van der Waals surface area contributed by atoms with E-state index in [0.29, 0.717) is 44.4 Å². The monoisotopic (exact) mass is 692 g/mol. The summed E-state index contributed by atoms with van der Waals surface area (Å²) < 4.78 is 49.7. The molecule has 1 saturated carbocycles. The van der Waals surface area contributed by atoms with Gasteiger partial charge in [0.25, 0.3) is 0 Å². The smallest absolute Gasteiger partial charge is 0.416 e. The van der Waals surface area contributed by atoms with Crippen LogP contribution in [0.2, 0.25) is 0 Å². The van der Waals surface area contributed by atoms with E-state index in [9.17, 15) is 22.8 Å². The van der Waals surface area contributed by atoms with Crippen molar-refractivity contribution in [3.05, 3.63) is 101 Å². The van der Waals surface area contributed by atoms with Gasteiger partial charge in [-0.15, -0.1) is 0 Å². The summed E-state index contributed by atoms with van der Waals surface area (Å²) in [6.07, 6.45) is 5.30. The molecule has 50 heavy (non-hydrogen) atoms. The summed E-state index contributed by atoms with van der Waals surface area (Å²) in [5.41, 5.74) is 3.14. The Morgan fingerprint density at radius 1 is 0.920 bits per heavy atom. The number of hydrogen-bond donors (Lipinski definition) is 3. The third kappa shape index (κ3) is 9.73. The maximum atomic E-state index is 14.2. The Balaban J connectivity index is 1.54. The molecule has 0 bridgehead atoms. The largest absolute Gasteiger partial charge is 0.493 e. The molecule has 1 fully saturated rings. The molecular formula is C40H51F3N4O3. The standard InChI is InChI=1S/C40H51F3N4O3/c1-4-29-19-23-50-35-18-6-5-13-30(35)16-11-20-44-38(48)34(26-47-21-7-8-22-47)45-39(49)36(27(2)3)46-37(31-14-10-15-31)33(29)25-28-12-9-17-32(24-28)40(41,42)43/h5-9,12-13,17-18,21-22,24,27,29,33-34,36,46H,4,10-11,14-16,19-20,23,25-26H2,1-3H3,(H,44,48)(H,45,49)/t29?,33-,34-,36+/m0/s1. The van der Waals surface area contributed by atoms with E-state index in [1.165, 1.54) is 17.7 Å². The number of halogens is 3. The van der Waals surface area contributed by atoms with Crippen molar-refractivity contribution in [2.45, 2.75) is 96.9 Å². The highest BCUT2D eigenvalue weighted by atomic mass is 19.4. The molecule has 0 spiro atoms. The minimum absolute atomic E-state index is 0.0642. The number of amides is 2. The molecule has 4 atom stereocenters. The second-order valence-electron chi connectivity index (χ2n) is 14.0. The maximum absolute atomic E-state index is 14.2. The van der Waals surface area contributed by atoms with Crippen molar-refractivity contribution in [2.24, 2.45) is 17.8 Å². The lowest BCUT2D eigenvalue weighted by Gasteiger charge is -2.37. The number of aromatic nitrogens is 1. The van der Waals surface area contributed by atoms with Gasteiger partial charge in [0.05, 0.1) is 18.7 Å². The van der Waals surface area contributed by atoms with Crippen molar-refractivity contribution in [1.82, 2.24) is 20.5 Å². The first-order chi connectivity index (χ1) is 24.0. The third-order valence-corrected chi connectivity index (χ3v) is 10.1. The predicted molar refractivity (Wildman–Crippen MR) is 189 cm³/mol. The highest BCUT2D eigenvalue weighted by Crippen LogP contribution is 2.39. The average Bonchev–Trinajstić information content (AvgIpc) is 3.58. The van der Waals surface area contributed by atoms with Gasteiger partial charge < -0.3 is 25.3 Å². The van der Waals surface area contributed by atoms with Crippen LogP contribution in [0.3, 0.4) is 0 Å². The van der Waals surface area contributed by atoms with Crippen LogP contribution in [0, 0.1) is 17.8 Å². The molecule has 1 aliphatic carbocycles. The molecule has 1 aliphatic heterocycles. The number of fused-ring (bicyclic) bond motifs is 1. The van der Waals surface area contributed by atoms with Crippen LogP contribution in [0.5, 0.6) is 5.75 Å². The van der Waals surface area contributed by atoms with Crippen LogP contribution in [0.4, 0.5) is 13.2 Å². The number of aryl methyl sites for hydroxylation is 1. The average molecular weight is 693 g/mol. The number of rotatable bonds is 6. The Labute approximate surface area is 294 Å². The zero-order valence-electron chi connectivity index (χ0n) is 29.4. The second-order valence-corrected chi connectivity index (χ2v) is 14.0. The number of nitrogens with one attached hydrogen (secondary N) is 3. The molecule has 2 amide bonds. The molecule has 7 nitrogen and oxygen atoms in total. The van der Waals surface area contributed by atoms with Crippen molar-refractivity contribution in [1.29, 1.82) is 0 Å². The number of nitrogens with zero attached hydrogens (tertiary/aromatic N) is 1. The zero-order chi connectivity index (χ0) is 35.7. The summed E-state index contributed by atoms with van der Waals surface area (Å²) in [6, 6.07) is 15.8. The molecule has 3 N–H and O–H groups in total. The van der Waals surface area contributed by atoms with Crippen molar-refractivity contribution in [3.8, 4) is 5.75 Å². The van der Waals surface area contributed by atoms with E-state index < -0.39 is 23.8 Å². The highest BCUT2D eigenvalue weighted by Gasteiger charge is 2.35. The summed E-state index contributed by atoms with van der Waals surface area (Å²) in [4.78, 5) is 27.8. The van der Waals surface area contributed by atoms with Gasteiger partial charge in [0.15, 0.2) is 0 Å². The Hall–Kier alpha value is -4.21. The van der Waals surface area contributed by atoms with E-state index in [4.69, 9.17) is 4.74 Å². The number of ether oxygens (including phenoxy) is 1.